The zero-order valence-electron chi connectivity index (χ0n) is 12.2. The first-order valence-corrected chi connectivity index (χ1v) is 7.04. The number of ether oxygens (including phenoxy) is 1. The number of nitrogens with two attached hydrogens (primary N) is 1. The third-order valence-electron chi connectivity index (χ3n) is 4.00. The first-order valence-electron chi connectivity index (χ1n) is 7.04. The number of carbonyl (C=O) groups is 1. The third-order valence-corrected chi connectivity index (χ3v) is 4.00. The number of carbonyl (C=O) groups excluding carboxylic acids is 1. The summed E-state index contributed by atoms with van der Waals surface area (Å²) in [5, 5.41) is 0. The molecule has 1 aliphatic rings. The third kappa shape index (κ3) is 3.69. The normalized spacial score (nSPS) is 28.4. The molecular formula is C14H28N2O2. The lowest BCUT2D eigenvalue weighted by atomic mass is 9.76. The minimum Gasteiger partial charge on any atom is -0.383 e. The largest absolute Gasteiger partial charge is 0.383 e. The molecule has 0 radical (unpaired) electrons. The number of methoxy groups -OCH3 is 1. The molecule has 2 N–H and O–H groups in total. The van der Waals surface area contributed by atoms with Gasteiger partial charge in [-0.2, -0.15) is 0 Å². The van der Waals surface area contributed by atoms with E-state index >= 15 is 0 Å². The maximum absolute atomic E-state index is 12.7. The maximum atomic E-state index is 12.7. The van der Waals surface area contributed by atoms with E-state index in [-0.39, 0.29) is 23.9 Å². The van der Waals surface area contributed by atoms with E-state index in [2.05, 4.69) is 6.92 Å². The fourth-order valence-electron chi connectivity index (χ4n) is 2.89. The number of rotatable bonds is 5. The second-order valence-electron chi connectivity index (χ2n) is 5.72. The summed E-state index contributed by atoms with van der Waals surface area (Å²) >= 11 is 0. The van der Waals surface area contributed by atoms with Crippen molar-refractivity contribution in [1.82, 2.24) is 4.90 Å². The summed E-state index contributed by atoms with van der Waals surface area (Å²) in [5.74, 6) is 0.588. The predicted octanol–water partition coefficient (Wildman–Crippen LogP) is 1.63. The van der Waals surface area contributed by atoms with E-state index in [1.165, 1.54) is 0 Å². The molecule has 4 heteroatoms. The fraction of sp³-hybridized carbons (Fsp3) is 0.929. The van der Waals surface area contributed by atoms with Gasteiger partial charge in [-0.1, -0.05) is 13.3 Å². The summed E-state index contributed by atoms with van der Waals surface area (Å²) in [5.41, 5.74) is 6.16. The Kier molecular flexibility index (Phi) is 6.09. The van der Waals surface area contributed by atoms with Crippen LogP contribution in [0, 0.1) is 11.8 Å². The zero-order valence-corrected chi connectivity index (χ0v) is 12.2. The highest BCUT2D eigenvalue weighted by Gasteiger charge is 2.36. The summed E-state index contributed by atoms with van der Waals surface area (Å²) in [6.45, 7) is 7.48. The van der Waals surface area contributed by atoms with Crippen molar-refractivity contribution < 1.29 is 9.53 Å². The molecule has 0 bridgehead atoms. The summed E-state index contributed by atoms with van der Waals surface area (Å²) in [4.78, 5) is 14.6. The molecule has 4 nitrogen and oxygen atoms in total. The van der Waals surface area contributed by atoms with Gasteiger partial charge in [0.1, 0.15) is 0 Å². The van der Waals surface area contributed by atoms with Crippen LogP contribution in [-0.4, -0.2) is 43.2 Å². The van der Waals surface area contributed by atoms with E-state index in [4.69, 9.17) is 10.5 Å². The molecular weight excluding hydrogens is 228 g/mol. The van der Waals surface area contributed by atoms with Crippen molar-refractivity contribution in [2.75, 3.05) is 20.3 Å². The number of hydrogen-bond donors (Lipinski definition) is 1. The lowest BCUT2D eigenvalue weighted by Gasteiger charge is -2.38. The molecule has 0 heterocycles. The Morgan fingerprint density at radius 2 is 2.11 bits per heavy atom. The zero-order chi connectivity index (χ0) is 13.7. The van der Waals surface area contributed by atoms with Gasteiger partial charge in [0.25, 0.3) is 0 Å². The van der Waals surface area contributed by atoms with Gasteiger partial charge in [-0.3, -0.25) is 4.79 Å². The van der Waals surface area contributed by atoms with Gasteiger partial charge in [0.05, 0.1) is 12.5 Å². The van der Waals surface area contributed by atoms with E-state index < -0.39 is 0 Å². The Hall–Kier alpha value is -0.610. The monoisotopic (exact) mass is 256 g/mol. The van der Waals surface area contributed by atoms with Gasteiger partial charge in [0, 0.05) is 25.7 Å². The highest BCUT2D eigenvalue weighted by atomic mass is 16.5. The molecule has 0 saturated heterocycles. The van der Waals surface area contributed by atoms with Gasteiger partial charge in [-0.15, -0.1) is 0 Å². The van der Waals surface area contributed by atoms with Crippen molar-refractivity contribution in [2.45, 2.75) is 52.1 Å². The second kappa shape index (κ2) is 7.10. The predicted molar refractivity (Wildman–Crippen MR) is 73.2 cm³/mol. The lowest BCUT2D eigenvalue weighted by Crippen LogP contribution is -2.51. The van der Waals surface area contributed by atoms with Crippen LogP contribution in [0.25, 0.3) is 0 Å². The quantitative estimate of drug-likeness (QED) is 0.813. The standard InChI is InChI=1S/C14H28N2O2/c1-10(2)16(8-9-18-4)14(17)13-11(3)6-5-7-12(13)15/h10-13H,5-9,15H2,1-4H3. The molecule has 0 aliphatic heterocycles. The molecule has 18 heavy (non-hydrogen) atoms. The molecule has 1 saturated carbocycles. The molecule has 1 fully saturated rings. The van der Waals surface area contributed by atoms with Crippen LogP contribution in [0.5, 0.6) is 0 Å². The van der Waals surface area contributed by atoms with E-state index in [0.717, 1.165) is 19.3 Å². The second-order valence-corrected chi connectivity index (χ2v) is 5.72. The minimum absolute atomic E-state index is 0.0157. The Bertz CT molecular complexity index is 259. The number of amides is 1. The Balaban J connectivity index is 2.73. The van der Waals surface area contributed by atoms with Crippen molar-refractivity contribution in [1.29, 1.82) is 0 Å². The van der Waals surface area contributed by atoms with Gasteiger partial charge >= 0.3 is 0 Å². The average molecular weight is 256 g/mol. The van der Waals surface area contributed by atoms with E-state index in [0.29, 0.717) is 19.1 Å². The van der Waals surface area contributed by atoms with Crippen molar-refractivity contribution in [3.05, 3.63) is 0 Å². The summed E-state index contributed by atoms with van der Waals surface area (Å²) < 4.78 is 5.09. The van der Waals surface area contributed by atoms with Crippen LogP contribution in [0.15, 0.2) is 0 Å². The molecule has 0 aromatic carbocycles. The highest BCUT2D eigenvalue weighted by Crippen LogP contribution is 2.30. The molecule has 3 unspecified atom stereocenters. The average Bonchev–Trinajstić information content (AvgIpc) is 2.28. The van der Waals surface area contributed by atoms with Crippen LogP contribution in [0.4, 0.5) is 0 Å². The van der Waals surface area contributed by atoms with Crippen LogP contribution < -0.4 is 5.73 Å². The topological polar surface area (TPSA) is 55.6 Å². The molecule has 1 amide bonds. The smallest absolute Gasteiger partial charge is 0.227 e. The van der Waals surface area contributed by atoms with Crippen LogP contribution in [-0.2, 0) is 9.53 Å². The number of nitrogens with zero attached hydrogens (tertiary/aromatic N) is 1. The molecule has 106 valence electrons. The minimum atomic E-state index is -0.0157. The highest BCUT2D eigenvalue weighted by molar-refractivity contribution is 5.80. The maximum Gasteiger partial charge on any atom is 0.227 e. The summed E-state index contributed by atoms with van der Waals surface area (Å²) in [6.07, 6.45) is 3.23. The number of hydrogen-bond acceptors (Lipinski definition) is 3. The molecule has 3 atom stereocenters. The summed E-state index contributed by atoms with van der Waals surface area (Å²) in [6, 6.07) is 0.221. The van der Waals surface area contributed by atoms with Gasteiger partial charge in [-0.25, -0.2) is 0 Å². The van der Waals surface area contributed by atoms with Crippen LogP contribution in [0.3, 0.4) is 0 Å². The van der Waals surface area contributed by atoms with E-state index in [1.807, 2.05) is 18.7 Å². The van der Waals surface area contributed by atoms with Crippen molar-refractivity contribution in [3.63, 3.8) is 0 Å². The molecule has 1 rings (SSSR count). The van der Waals surface area contributed by atoms with Gasteiger partial charge < -0.3 is 15.4 Å². The SMILES string of the molecule is COCCN(C(=O)C1C(C)CCCC1N)C(C)C. The van der Waals surface area contributed by atoms with E-state index in [9.17, 15) is 4.79 Å². The molecule has 1 aliphatic carbocycles. The van der Waals surface area contributed by atoms with Gasteiger partial charge in [0.2, 0.25) is 5.91 Å². The lowest BCUT2D eigenvalue weighted by molar-refractivity contribution is -0.141. The molecule has 0 aromatic heterocycles. The Morgan fingerprint density at radius 3 is 2.61 bits per heavy atom. The molecule has 0 aromatic rings. The van der Waals surface area contributed by atoms with Crippen LogP contribution >= 0.6 is 0 Å². The van der Waals surface area contributed by atoms with Crippen molar-refractivity contribution in [3.8, 4) is 0 Å². The van der Waals surface area contributed by atoms with E-state index in [1.54, 1.807) is 7.11 Å². The Morgan fingerprint density at radius 1 is 1.44 bits per heavy atom. The first kappa shape index (κ1) is 15.4. The first-order chi connectivity index (χ1) is 8.49. The van der Waals surface area contributed by atoms with Crippen molar-refractivity contribution >= 4 is 5.91 Å². The fourth-order valence-corrected chi connectivity index (χ4v) is 2.89. The van der Waals surface area contributed by atoms with Crippen LogP contribution in [0.1, 0.15) is 40.0 Å². The summed E-state index contributed by atoms with van der Waals surface area (Å²) in [7, 11) is 1.66. The van der Waals surface area contributed by atoms with Gasteiger partial charge in [-0.05, 0) is 32.6 Å². The van der Waals surface area contributed by atoms with Crippen molar-refractivity contribution in [2.24, 2.45) is 17.6 Å². The molecule has 0 spiro atoms. The van der Waals surface area contributed by atoms with Crippen LogP contribution in [0.2, 0.25) is 0 Å². The Labute approximate surface area is 111 Å². The van der Waals surface area contributed by atoms with Gasteiger partial charge in [0.15, 0.2) is 0 Å².